The summed E-state index contributed by atoms with van der Waals surface area (Å²) in [5, 5.41) is 12.3. The molecule has 6 nitrogen and oxygen atoms in total. The van der Waals surface area contributed by atoms with Crippen molar-refractivity contribution in [3.05, 3.63) is 88.9 Å². The average Bonchev–Trinajstić information content (AvgIpc) is 2.70. The number of nitrogens with zero attached hydrogens (tertiary/aromatic N) is 3. The molecule has 3 aromatic carbocycles. The van der Waals surface area contributed by atoms with Crippen LogP contribution in [0.25, 0.3) is 11.1 Å². The van der Waals surface area contributed by atoms with E-state index < -0.39 is 0 Å². The quantitative estimate of drug-likeness (QED) is 0.336. The van der Waals surface area contributed by atoms with Crippen LogP contribution >= 0.6 is 11.6 Å². The molecule has 0 bridgehead atoms. The molecular formula is C21H19ClN6. The Morgan fingerprint density at radius 3 is 1.82 bits per heavy atom. The van der Waals surface area contributed by atoms with E-state index in [9.17, 15) is 0 Å². The zero-order chi connectivity index (χ0) is 19.8. The van der Waals surface area contributed by atoms with Gasteiger partial charge in [0.2, 0.25) is 5.96 Å². The third kappa shape index (κ3) is 5.69. The first-order chi connectivity index (χ1) is 13.6. The van der Waals surface area contributed by atoms with E-state index in [4.69, 9.17) is 23.1 Å². The third-order valence-corrected chi connectivity index (χ3v) is 4.04. The molecule has 0 atom stereocenters. The summed E-state index contributed by atoms with van der Waals surface area (Å²) in [4.78, 5) is 0. The molecule has 0 fully saturated rings. The summed E-state index contributed by atoms with van der Waals surface area (Å²) in [5.41, 5.74) is 18.4. The highest BCUT2D eigenvalue weighted by Crippen LogP contribution is 2.20. The highest BCUT2D eigenvalue weighted by atomic mass is 35.5. The Morgan fingerprint density at radius 1 is 0.750 bits per heavy atom. The largest absolute Gasteiger partial charge is 0.369 e. The first kappa shape index (κ1) is 19.1. The predicted octanol–water partition coefficient (Wildman–Crippen LogP) is 4.06. The van der Waals surface area contributed by atoms with Crippen LogP contribution in [0.15, 0.2) is 88.1 Å². The molecule has 7 heteroatoms. The second-order valence-electron chi connectivity index (χ2n) is 5.89. The lowest BCUT2D eigenvalue weighted by atomic mass is 10.0. The summed E-state index contributed by atoms with van der Waals surface area (Å²) in [6.45, 7) is 0. The van der Waals surface area contributed by atoms with Gasteiger partial charge in [-0.3, -0.25) is 5.43 Å². The van der Waals surface area contributed by atoms with Gasteiger partial charge in [0.25, 0.3) is 0 Å². The lowest BCUT2D eigenvalue weighted by molar-refractivity contribution is 1.21. The van der Waals surface area contributed by atoms with Gasteiger partial charge in [-0.2, -0.15) is 10.2 Å². The fourth-order valence-corrected chi connectivity index (χ4v) is 2.52. The Labute approximate surface area is 168 Å². The van der Waals surface area contributed by atoms with Gasteiger partial charge in [-0.05, 0) is 46.5 Å². The van der Waals surface area contributed by atoms with E-state index in [1.54, 1.807) is 12.4 Å². The third-order valence-electron chi connectivity index (χ3n) is 3.79. The molecule has 0 amide bonds. The fraction of sp³-hybridized carbons (Fsp3) is 0. The monoisotopic (exact) mass is 390 g/mol. The highest BCUT2D eigenvalue weighted by molar-refractivity contribution is 6.30. The van der Waals surface area contributed by atoms with Crippen molar-refractivity contribution in [1.29, 1.82) is 0 Å². The number of hydrazone groups is 1. The predicted molar refractivity (Wildman–Crippen MR) is 118 cm³/mol. The maximum Gasteiger partial charge on any atom is 0.211 e. The zero-order valence-corrected chi connectivity index (χ0v) is 15.7. The van der Waals surface area contributed by atoms with Crippen molar-refractivity contribution in [2.45, 2.75) is 0 Å². The van der Waals surface area contributed by atoms with E-state index in [0.29, 0.717) is 5.02 Å². The minimum Gasteiger partial charge on any atom is -0.369 e. The standard InChI is InChI=1S/C21H19ClN6/c22-19-9-11-20(12-10-19)27-25-13-15-1-5-17(6-2-15)18-7-3-16(4-8-18)14-26-28-21(23)24/h1-14,27H,(H4,23,24,28)/b25-13+,26-14+. The maximum atomic E-state index is 5.86. The van der Waals surface area contributed by atoms with Crippen molar-refractivity contribution in [1.82, 2.24) is 0 Å². The number of nitrogens with one attached hydrogen (secondary N) is 1. The summed E-state index contributed by atoms with van der Waals surface area (Å²) >= 11 is 5.86. The molecule has 0 spiro atoms. The Morgan fingerprint density at radius 2 is 1.29 bits per heavy atom. The van der Waals surface area contributed by atoms with E-state index in [-0.39, 0.29) is 5.96 Å². The average molecular weight is 391 g/mol. The summed E-state index contributed by atoms with van der Waals surface area (Å²) in [5.74, 6) is -0.0696. The second-order valence-corrected chi connectivity index (χ2v) is 6.33. The van der Waals surface area contributed by atoms with E-state index in [1.165, 1.54) is 0 Å². The van der Waals surface area contributed by atoms with Crippen molar-refractivity contribution in [2.75, 3.05) is 5.43 Å². The second kappa shape index (κ2) is 9.34. The number of hydrogen-bond acceptors (Lipinski definition) is 4. The van der Waals surface area contributed by atoms with Crippen LogP contribution in [0.4, 0.5) is 5.69 Å². The van der Waals surface area contributed by atoms with Crippen LogP contribution in [0.3, 0.4) is 0 Å². The number of rotatable bonds is 6. The number of guanidine groups is 1. The van der Waals surface area contributed by atoms with Gasteiger partial charge in [-0.15, -0.1) is 5.10 Å². The zero-order valence-electron chi connectivity index (χ0n) is 15.0. The molecule has 0 aliphatic heterocycles. The Bertz CT molecular complexity index is 987. The molecule has 0 saturated carbocycles. The molecule has 0 aromatic heterocycles. The van der Waals surface area contributed by atoms with Crippen molar-refractivity contribution < 1.29 is 0 Å². The van der Waals surface area contributed by atoms with E-state index >= 15 is 0 Å². The topological polar surface area (TPSA) is 101 Å². The van der Waals surface area contributed by atoms with Crippen LogP contribution in [0.1, 0.15) is 11.1 Å². The van der Waals surface area contributed by atoms with Crippen LogP contribution in [0, 0.1) is 0 Å². The van der Waals surface area contributed by atoms with Crippen LogP contribution in [-0.4, -0.2) is 18.4 Å². The molecule has 3 rings (SSSR count). The van der Waals surface area contributed by atoms with Crippen LogP contribution < -0.4 is 16.9 Å². The normalized spacial score (nSPS) is 11.0. The summed E-state index contributed by atoms with van der Waals surface area (Å²) in [7, 11) is 0. The number of nitrogens with two attached hydrogens (primary N) is 2. The van der Waals surface area contributed by atoms with Crippen molar-refractivity contribution in [3.63, 3.8) is 0 Å². The van der Waals surface area contributed by atoms with E-state index in [2.05, 4.69) is 20.7 Å². The van der Waals surface area contributed by atoms with Crippen molar-refractivity contribution >= 4 is 35.7 Å². The van der Waals surface area contributed by atoms with Crippen LogP contribution in [0.2, 0.25) is 5.02 Å². The van der Waals surface area contributed by atoms with Crippen molar-refractivity contribution in [3.8, 4) is 11.1 Å². The van der Waals surface area contributed by atoms with Gasteiger partial charge in [0.05, 0.1) is 18.1 Å². The van der Waals surface area contributed by atoms with Crippen LogP contribution in [-0.2, 0) is 0 Å². The molecule has 3 aromatic rings. The van der Waals surface area contributed by atoms with Crippen molar-refractivity contribution in [2.24, 2.45) is 26.8 Å². The Kier molecular flexibility index (Phi) is 6.38. The van der Waals surface area contributed by atoms with Gasteiger partial charge in [0.15, 0.2) is 0 Å². The molecule has 0 heterocycles. The number of anilines is 1. The first-order valence-electron chi connectivity index (χ1n) is 8.47. The van der Waals surface area contributed by atoms with Crippen LogP contribution in [0.5, 0.6) is 0 Å². The molecule has 0 aliphatic rings. The molecule has 0 unspecified atom stereocenters. The molecule has 140 valence electrons. The fourth-order valence-electron chi connectivity index (χ4n) is 2.39. The lowest BCUT2D eigenvalue weighted by Gasteiger charge is -2.03. The minimum absolute atomic E-state index is 0.0696. The van der Waals surface area contributed by atoms with Gasteiger partial charge in [0, 0.05) is 5.02 Å². The van der Waals surface area contributed by atoms with Gasteiger partial charge in [-0.1, -0.05) is 60.1 Å². The van der Waals surface area contributed by atoms with Gasteiger partial charge in [-0.25, -0.2) is 0 Å². The smallest absolute Gasteiger partial charge is 0.211 e. The molecule has 0 radical (unpaired) electrons. The lowest BCUT2D eigenvalue weighted by Crippen LogP contribution is -2.21. The SMILES string of the molecule is NC(N)=N/N=C/c1ccc(-c2ccc(/C=N/Nc3ccc(Cl)cc3)cc2)cc1. The maximum absolute atomic E-state index is 5.86. The minimum atomic E-state index is -0.0696. The van der Waals surface area contributed by atoms with Gasteiger partial charge < -0.3 is 11.5 Å². The van der Waals surface area contributed by atoms with Gasteiger partial charge in [0.1, 0.15) is 0 Å². The highest BCUT2D eigenvalue weighted by Gasteiger charge is 1.98. The number of halogens is 1. The number of hydrogen-bond donors (Lipinski definition) is 3. The summed E-state index contributed by atoms with van der Waals surface area (Å²) in [6.07, 6.45) is 3.36. The summed E-state index contributed by atoms with van der Waals surface area (Å²) in [6, 6.07) is 23.4. The molecular weight excluding hydrogens is 372 g/mol. The Hall–Kier alpha value is -3.64. The van der Waals surface area contributed by atoms with E-state index in [0.717, 1.165) is 27.9 Å². The Balaban J connectivity index is 1.62. The van der Waals surface area contributed by atoms with E-state index in [1.807, 2.05) is 72.8 Å². The molecule has 28 heavy (non-hydrogen) atoms. The first-order valence-corrected chi connectivity index (χ1v) is 8.85. The summed E-state index contributed by atoms with van der Waals surface area (Å²) < 4.78 is 0. The molecule has 5 N–H and O–H groups in total. The molecule has 0 aliphatic carbocycles. The van der Waals surface area contributed by atoms with Gasteiger partial charge >= 0.3 is 0 Å². The number of benzene rings is 3. The molecule has 0 saturated heterocycles.